The van der Waals surface area contributed by atoms with Crippen molar-refractivity contribution in [1.82, 2.24) is 4.31 Å². The summed E-state index contributed by atoms with van der Waals surface area (Å²) in [5.74, 6) is -1.34. The van der Waals surface area contributed by atoms with Gasteiger partial charge in [0, 0.05) is 34.8 Å². The van der Waals surface area contributed by atoms with E-state index in [-0.39, 0.29) is 24.7 Å². The molecule has 0 atom stereocenters. The summed E-state index contributed by atoms with van der Waals surface area (Å²) in [6.45, 7) is 0. The summed E-state index contributed by atoms with van der Waals surface area (Å²) < 4.78 is -0.884. The molecule has 4 rings (SSSR count). The number of hydrogen-bond donors (Lipinski definition) is 0. The minimum atomic E-state index is -1.74. The second kappa shape index (κ2) is 9.57. The molecule has 0 radical (unpaired) electrons. The maximum Gasteiger partial charge on any atom is 0.271 e. The number of nitrogens with zero attached hydrogens (tertiary/aromatic N) is 2. The first kappa shape index (κ1) is 24.2. The fourth-order valence-corrected chi connectivity index (χ4v) is 4.59. The van der Waals surface area contributed by atoms with Crippen molar-refractivity contribution >= 4 is 99.3 Å². The van der Waals surface area contributed by atoms with Crippen LogP contribution < -0.4 is 4.90 Å². The molecule has 1 fully saturated rings. The van der Waals surface area contributed by atoms with Gasteiger partial charge in [0.2, 0.25) is 11.8 Å². The van der Waals surface area contributed by atoms with E-state index in [2.05, 4.69) is 0 Å². The van der Waals surface area contributed by atoms with E-state index in [1.165, 1.54) is 0 Å². The van der Waals surface area contributed by atoms with E-state index < -0.39 is 14.9 Å². The Kier molecular flexibility index (Phi) is 7.46. The molecule has 2 aliphatic heterocycles. The Hall–Kier alpha value is -1.48. The third-order valence-corrected chi connectivity index (χ3v) is 5.89. The number of hydrogen-bond acceptors (Lipinski definition) is 5. The number of benzene rings is 2. The number of carbonyl (C=O) groups is 4. The van der Waals surface area contributed by atoms with E-state index in [1.807, 2.05) is 0 Å². The highest BCUT2D eigenvalue weighted by Gasteiger charge is 2.40. The smallest absolute Gasteiger partial charge is 0.271 e. The zero-order chi connectivity index (χ0) is 22.9. The highest BCUT2D eigenvalue weighted by atomic mass is 35.6. The van der Waals surface area contributed by atoms with Crippen LogP contribution in [0.2, 0.25) is 10.0 Å². The summed E-state index contributed by atoms with van der Waals surface area (Å²) in [5, 5.41) is 0.815. The van der Waals surface area contributed by atoms with Gasteiger partial charge in [0.15, 0.2) is 0 Å². The monoisotopic (exact) mass is 538 g/mol. The largest absolute Gasteiger partial charge is 0.274 e. The van der Waals surface area contributed by atoms with Gasteiger partial charge in [-0.2, -0.15) is 0 Å². The summed E-state index contributed by atoms with van der Waals surface area (Å²) in [4.78, 5) is 47.6. The molecule has 2 aliphatic rings. The Balaban J connectivity index is 0.000000176. The van der Waals surface area contributed by atoms with Gasteiger partial charge in [-0.25, -0.2) is 4.31 Å². The lowest BCUT2D eigenvalue weighted by Crippen LogP contribution is -2.28. The molecule has 0 bridgehead atoms. The van der Waals surface area contributed by atoms with Crippen LogP contribution in [-0.4, -0.2) is 31.1 Å². The molecule has 0 aliphatic carbocycles. The highest BCUT2D eigenvalue weighted by Crippen LogP contribution is 2.44. The topological polar surface area (TPSA) is 74.8 Å². The average molecular weight is 541 g/mol. The van der Waals surface area contributed by atoms with Gasteiger partial charge in [0.1, 0.15) is 0 Å². The van der Waals surface area contributed by atoms with Gasteiger partial charge in [-0.3, -0.25) is 24.1 Å². The molecule has 4 amide bonds. The number of alkyl halides is 3. The quantitative estimate of drug-likeness (QED) is 0.269. The van der Waals surface area contributed by atoms with Crippen molar-refractivity contribution in [2.45, 2.75) is 16.0 Å². The molecule has 0 saturated carbocycles. The maximum atomic E-state index is 11.8. The van der Waals surface area contributed by atoms with Gasteiger partial charge in [-0.15, -0.1) is 0 Å². The minimum Gasteiger partial charge on any atom is -0.274 e. The third kappa shape index (κ3) is 5.66. The molecule has 1 saturated heterocycles. The van der Waals surface area contributed by atoms with E-state index in [0.717, 1.165) is 9.21 Å². The zero-order valence-corrected chi connectivity index (χ0v) is 19.9. The number of rotatable bonds is 2. The van der Waals surface area contributed by atoms with Crippen molar-refractivity contribution in [1.29, 1.82) is 0 Å². The Morgan fingerprint density at radius 2 is 1.23 bits per heavy atom. The van der Waals surface area contributed by atoms with Crippen molar-refractivity contribution < 1.29 is 19.2 Å². The number of halogens is 5. The first-order chi connectivity index (χ1) is 14.5. The van der Waals surface area contributed by atoms with Gasteiger partial charge in [-0.1, -0.05) is 70.1 Å². The first-order valence-corrected chi connectivity index (χ1v) is 11.2. The number of fused-ring (bicyclic) bond motifs is 1. The van der Waals surface area contributed by atoms with Gasteiger partial charge in [0.05, 0.1) is 16.8 Å². The van der Waals surface area contributed by atoms with Crippen molar-refractivity contribution in [3.63, 3.8) is 0 Å². The summed E-state index contributed by atoms with van der Waals surface area (Å²) >= 11 is 28.8. The third-order valence-electron chi connectivity index (χ3n) is 4.11. The number of anilines is 1. The Labute approximate surface area is 206 Å². The predicted molar refractivity (Wildman–Crippen MR) is 123 cm³/mol. The molecule has 0 N–H and O–H groups in total. The normalized spacial score (nSPS) is 15.9. The highest BCUT2D eigenvalue weighted by molar-refractivity contribution is 8.03. The molecule has 162 valence electrons. The molecular weight excluding hydrogens is 530 g/mol. The van der Waals surface area contributed by atoms with E-state index in [9.17, 15) is 19.2 Å². The number of carbonyl (C=O) groups excluding carboxylic acids is 4. The van der Waals surface area contributed by atoms with Crippen molar-refractivity contribution in [3.8, 4) is 0 Å². The molecule has 12 heteroatoms. The molecule has 6 nitrogen and oxygen atoms in total. The van der Waals surface area contributed by atoms with Crippen LogP contribution in [0.3, 0.4) is 0 Å². The molecular formula is C19H11Cl5N2O4S. The van der Waals surface area contributed by atoms with E-state index in [1.54, 1.807) is 42.5 Å². The minimum absolute atomic E-state index is 0.210. The summed E-state index contributed by atoms with van der Waals surface area (Å²) in [7, 11) is 0. The second-order valence-corrected chi connectivity index (χ2v) is 11.2. The van der Waals surface area contributed by atoms with E-state index in [0.29, 0.717) is 38.8 Å². The standard InChI is InChI=1S/C10H7Cl2NO2.C9H4Cl3NO2S/c11-6-3-7(12)5-8(4-6)13-9(14)1-2-10(13)15;10-9(11,12)16-13-7(14)5-3-1-2-4-6(5)8(13)15/h3-5H,1-2H2;1-4H. The van der Waals surface area contributed by atoms with Crippen LogP contribution in [0.5, 0.6) is 0 Å². The molecule has 31 heavy (non-hydrogen) atoms. The van der Waals surface area contributed by atoms with Crippen LogP contribution in [-0.2, 0) is 9.59 Å². The van der Waals surface area contributed by atoms with Gasteiger partial charge < -0.3 is 0 Å². The summed E-state index contributed by atoms with van der Waals surface area (Å²) in [6.07, 6.45) is 0.506. The molecule has 0 unspecified atom stereocenters. The van der Waals surface area contributed by atoms with Crippen LogP contribution in [0, 0.1) is 0 Å². The SMILES string of the molecule is O=C1CCC(=O)N1c1cc(Cl)cc(Cl)c1.O=C1c2ccccc2C(=O)N1SC(Cl)(Cl)Cl. The van der Waals surface area contributed by atoms with Crippen molar-refractivity contribution in [2.75, 3.05) is 4.90 Å². The summed E-state index contributed by atoms with van der Waals surface area (Å²) in [6, 6.07) is 11.1. The fourth-order valence-electron chi connectivity index (χ4n) is 2.89. The van der Waals surface area contributed by atoms with Crippen molar-refractivity contribution in [3.05, 3.63) is 63.6 Å². The Bertz CT molecular complexity index is 1020. The van der Waals surface area contributed by atoms with Crippen LogP contribution >= 0.6 is 70.0 Å². The molecule has 2 aromatic carbocycles. The van der Waals surface area contributed by atoms with Crippen molar-refractivity contribution in [2.24, 2.45) is 0 Å². The average Bonchev–Trinajstić information content (AvgIpc) is 3.12. The number of amides is 4. The van der Waals surface area contributed by atoms with E-state index in [4.69, 9.17) is 58.0 Å². The number of imide groups is 2. The van der Waals surface area contributed by atoms with Crippen LogP contribution in [0.15, 0.2) is 42.5 Å². The fraction of sp³-hybridized carbons (Fsp3) is 0.158. The Morgan fingerprint density at radius 1 is 0.774 bits per heavy atom. The van der Waals surface area contributed by atoms with Gasteiger partial charge >= 0.3 is 0 Å². The van der Waals surface area contributed by atoms with Gasteiger partial charge in [0.25, 0.3) is 14.9 Å². The maximum absolute atomic E-state index is 11.8. The lowest BCUT2D eigenvalue weighted by atomic mass is 10.1. The second-order valence-electron chi connectivity index (χ2n) is 6.24. The van der Waals surface area contributed by atoms with Gasteiger partial charge in [-0.05, 0) is 30.3 Å². The Morgan fingerprint density at radius 3 is 1.65 bits per heavy atom. The van der Waals surface area contributed by atoms with Crippen LogP contribution in [0.25, 0.3) is 0 Å². The molecule has 2 aromatic rings. The zero-order valence-electron chi connectivity index (χ0n) is 15.3. The summed E-state index contributed by atoms with van der Waals surface area (Å²) in [5.41, 5.74) is 1.10. The predicted octanol–water partition coefficient (Wildman–Crippen LogP) is 5.91. The lowest BCUT2D eigenvalue weighted by molar-refractivity contribution is -0.121. The van der Waals surface area contributed by atoms with E-state index >= 15 is 0 Å². The molecule has 0 aromatic heterocycles. The lowest BCUT2D eigenvalue weighted by Gasteiger charge is -2.17. The van der Waals surface area contributed by atoms with Crippen LogP contribution in [0.4, 0.5) is 5.69 Å². The first-order valence-electron chi connectivity index (χ1n) is 8.53. The molecule has 2 heterocycles. The van der Waals surface area contributed by atoms with Crippen LogP contribution in [0.1, 0.15) is 33.6 Å². The molecule has 0 spiro atoms.